The zero-order chi connectivity index (χ0) is 12.1. The third kappa shape index (κ3) is 3.54. The lowest BCUT2D eigenvalue weighted by Gasteiger charge is -2.05. The molecule has 1 aromatic heterocycles. The number of hydrogen-bond donors (Lipinski definition) is 2. The second-order valence-electron chi connectivity index (χ2n) is 3.19. The first-order valence-electron chi connectivity index (χ1n) is 4.71. The summed E-state index contributed by atoms with van der Waals surface area (Å²) in [6, 6.07) is 1.68. The molecule has 1 aromatic rings. The maximum Gasteiger partial charge on any atom is 0.349 e. The van der Waals surface area contributed by atoms with Crippen molar-refractivity contribution in [2.75, 3.05) is 13.2 Å². The van der Waals surface area contributed by atoms with Crippen LogP contribution in [0.25, 0.3) is 0 Å². The standard InChI is InChI=1S/C10H13NO4S/c1-6-5-8(9(16-6)10(13)14)15-4-3-11-7(2)12/h5H,3-4H2,1-2H3,(H,11,12)(H,13,14). The molecule has 2 N–H and O–H groups in total. The van der Waals surface area contributed by atoms with Crippen molar-refractivity contribution in [3.63, 3.8) is 0 Å². The van der Waals surface area contributed by atoms with Gasteiger partial charge < -0.3 is 15.2 Å². The maximum atomic E-state index is 10.8. The number of rotatable bonds is 5. The van der Waals surface area contributed by atoms with E-state index in [0.717, 1.165) is 4.88 Å². The van der Waals surface area contributed by atoms with Gasteiger partial charge in [-0.1, -0.05) is 0 Å². The Morgan fingerprint density at radius 2 is 2.25 bits per heavy atom. The quantitative estimate of drug-likeness (QED) is 0.764. The summed E-state index contributed by atoms with van der Waals surface area (Å²) in [5.74, 6) is -0.767. The number of carboxylic acid groups (broad SMARTS) is 1. The molecule has 5 nitrogen and oxygen atoms in total. The van der Waals surface area contributed by atoms with Crippen LogP contribution in [0, 0.1) is 6.92 Å². The fraction of sp³-hybridized carbons (Fsp3) is 0.400. The highest BCUT2D eigenvalue weighted by atomic mass is 32.1. The van der Waals surface area contributed by atoms with Gasteiger partial charge in [0.25, 0.3) is 0 Å². The molecule has 1 amide bonds. The molecule has 0 radical (unpaired) electrons. The minimum absolute atomic E-state index is 0.136. The molecule has 0 unspecified atom stereocenters. The summed E-state index contributed by atoms with van der Waals surface area (Å²) >= 11 is 1.17. The molecule has 0 aliphatic rings. The van der Waals surface area contributed by atoms with Crippen LogP contribution in [0.1, 0.15) is 21.5 Å². The zero-order valence-corrected chi connectivity index (χ0v) is 9.89. The van der Waals surface area contributed by atoms with Crippen molar-refractivity contribution in [3.05, 3.63) is 15.8 Å². The van der Waals surface area contributed by atoms with Crippen molar-refractivity contribution >= 4 is 23.2 Å². The third-order valence-corrected chi connectivity index (χ3v) is 2.77. The van der Waals surface area contributed by atoms with Gasteiger partial charge in [-0.15, -0.1) is 11.3 Å². The summed E-state index contributed by atoms with van der Waals surface area (Å²) < 4.78 is 5.28. The van der Waals surface area contributed by atoms with Gasteiger partial charge in [-0.25, -0.2) is 4.79 Å². The highest BCUT2D eigenvalue weighted by molar-refractivity contribution is 7.14. The van der Waals surface area contributed by atoms with Crippen LogP contribution in [0.5, 0.6) is 5.75 Å². The molecule has 88 valence electrons. The van der Waals surface area contributed by atoms with E-state index in [1.807, 2.05) is 6.92 Å². The summed E-state index contributed by atoms with van der Waals surface area (Å²) in [6.45, 7) is 3.86. The molecular weight excluding hydrogens is 230 g/mol. The highest BCUT2D eigenvalue weighted by Gasteiger charge is 2.14. The monoisotopic (exact) mass is 243 g/mol. The second kappa shape index (κ2) is 5.50. The van der Waals surface area contributed by atoms with E-state index in [2.05, 4.69) is 5.32 Å². The molecule has 0 spiro atoms. The number of aromatic carboxylic acids is 1. The number of carbonyl (C=O) groups excluding carboxylic acids is 1. The fourth-order valence-corrected chi connectivity index (χ4v) is 1.93. The summed E-state index contributed by atoms with van der Waals surface area (Å²) in [5.41, 5.74) is 0. The molecule has 0 atom stereocenters. The predicted molar refractivity (Wildman–Crippen MR) is 60.2 cm³/mol. The average molecular weight is 243 g/mol. The van der Waals surface area contributed by atoms with Gasteiger partial charge in [0.2, 0.25) is 5.91 Å². The van der Waals surface area contributed by atoms with Crippen molar-refractivity contribution < 1.29 is 19.4 Å². The largest absolute Gasteiger partial charge is 0.490 e. The van der Waals surface area contributed by atoms with E-state index in [-0.39, 0.29) is 17.4 Å². The Morgan fingerprint density at radius 3 is 2.81 bits per heavy atom. The van der Waals surface area contributed by atoms with Gasteiger partial charge in [-0.3, -0.25) is 4.79 Å². The van der Waals surface area contributed by atoms with E-state index in [4.69, 9.17) is 9.84 Å². The molecule has 1 rings (SSSR count). The number of hydrogen-bond acceptors (Lipinski definition) is 4. The van der Waals surface area contributed by atoms with Crippen LogP contribution in [0.3, 0.4) is 0 Å². The average Bonchev–Trinajstić information content (AvgIpc) is 2.54. The number of aryl methyl sites for hydroxylation is 1. The summed E-state index contributed by atoms with van der Waals surface area (Å²) in [7, 11) is 0. The lowest BCUT2D eigenvalue weighted by molar-refractivity contribution is -0.119. The predicted octanol–water partition coefficient (Wildman–Crippen LogP) is 1.27. The Hall–Kier alpha value is -1.56. The molecule has 0 aromatic carbocycles. The lowest BCUT2D eigenvalue weighted by Crippen LogP contribution is -2.25. The Bertz CT molecular complexity index is 400. The van der Waals surface area contributed by atoms with Gasteiger partial charge in [-0.2, -0.15) is 0 Å². The van der Waals surface area contributed by atoms with Crippen molar-refractivity contribution in [3.8, 4) is 5.75 Å². The zero-order valence-electron chi connectivity index (χ0n) is 9.07. The normalized spacial score (nSPS) is 9.88. The van der Waals surface area contributed by atoms with Crippen molar-refractivity contribution in [1.29, 1.82) is 0 Å². The molecule has 6 heteroatoms. The minimum atomic E-state index is -0.993. The van der Waals surface area contributed by atoms with Crippen LogP contribution in [-0.4, -0.2) is 30.1 Å². The van der Waals surface area contributed by atoms with E-state index >= 15 is 0 Å². The van der Waals surface area contributed by atoms with E-state index < -0.39 is 5.97 Å². The number of amides is 1. The first-order chi connectivity index (χ1) is 7.50. The van der Waals surface area contributed by atoms with Gasteiger partial charge in [-0.05, 0) is 13.0 Å². The molecule has 0 fully saturated rings. The number of thiophene rings is 1. The number of carboxylic acids is 1. The highest BCUT2D eigenvalue weighted by Crippen LogP contribution is 2.28. The molecule has 1 heterocycles. The SMILES string of the molecule is CC(=O)NCCOc1cc(C)sc1C(=O)O. The van der Waals surface area contributed by atoms with E-state index in [1.165, 1.54) is 18.3 Å². The minimum Gasteiger partial charge on any atom is -0.490 e. The van der Waals surface area contributed by atoms with E-state index in [9.17, 15) is 9.59 Å². The number of ether oxygens (including phenoxy) is 1. The van der Waals surface area contributed by atoms with Crippen LogP contribution in [0.15, 0.2) is 6.07 Å². The molecule has 0 bridgehead atoms. The van der Waals surface area contributed by atoms with Crippen LogP contribution < -0.4 is 10.1 Å². The van der Waals surface area contributed by atoms with Gasteiger partial charge in [0, 0.05) is 11.8 Å². The summed E-state index contributed by atoms with van der Waals surface area (Å²) in [5, 5.41) is 11.4. The van der Waals surface area contributed by atoms with Gasteiger partial charge >= 0.3 is 5.97 Å². The molecule has 0 saturated carbocycles. The molecule has 0 aliphatic carbocycles. The fourth-order valence-electron chi connectivity index (χ4n) is 1.14. The van der Waals surface area contributed by atoms with E-state index in [1.54, 1.807) is 6.07 Å². The molecular formula is C10H13NO4S. The maximum absolute atomic E-state index is 10.8. The van der Waals surface area contributed by atoms with Gasteiger partial charge in [0.05, 0.1) is 6.54 Å². The van der Waals surface area contributed by atoms with Crippen LogP contribution in [0.4, 0.5) is 0 Å². The summed E-state index contributed by atoms with van der Waals surface area (Å²) in [4.78, 5) is 22.5. The van der Waals surface area contributed by atoms with Gasteiger partial charge in [0.1, 0.15) is 12.4 Å². The Kier molecular flexibility index (Phi) is 4.30. The first-order valence-corrected chi connectivity index (χ1v) is 5.53. The van der Waals surface area contributed by atoms with Gasteiger partial charge in [0.15, 0.2) is 4.88 Å². The van der Waals surface area contributed by atoms with E-state index in [0.29, 0.717) is 12.3 Å². The smallest absolute Gasteiger partial charge is 0.349 e. The molecule has 0 aliphatic heterocycles. The van der Waals surface area contributed by atoms with Crippen molar-refractivity contribution in [1.82, 2.24) is 5.32 Å². The topological polar surface area (TPSA) is 75.6 Å². The summed E-state index contributed by atoms with van der Waals surface area (Å²) in [6.07, 6.45) is 0. The third-order valence-electron chi connectivity index (χ3n) is 1.75. The van der Waals surface area contributed by atoms with Crippen LogP contribution in [0.2, 0.25) is 0 Å². The second-order valence-corrected chi connectivity index (χ2v) is 4.44. The Morgan fingerprint density at radius 1 is 1.56 bits per heavy atom. The van der Waals surface area contributed by atoms with Crippen LogP contribution in [-0.2, 0) is 4.79 Å². The van der Waals surface area contributed by atoms with Crippen molar-refractivity contribution in [2.24, 2.45) is 0 Å². The van der Waals surface area contributed by atoms with Crippen molar-refractivity contribution in [2.45, 2.75) is 13.8 Å². The Labute approximate surface area is 97.0 Å². The number of nitrogens with one attached hydrogen (secondary N) is 1. The van der Waals surface area contributed by atoms with Crippen LogP contribution >= 0.6 is 11.3 Å². The molecule has 16 heavy (non-hydrogen) atoms. The first kappa shape index (κ1) is 12.5. The lowest BCUT2D eigenvalue weighted by atomic mass is 10.4. The Balaban J connectivity index is 2.53. The number of carbonyl (C=O) groups is 2. The molecule has 0 saturated heterocycles.